The van der Waals surface area contributed by atoms with E-state index in [4.69, 9.17) is 23.2 Å². The van der Waals surface area contributed by atoms with Gasteiger partial charge in [-0.25, -0.2) is 9.98 Å². The first-order valence-electron chi connectivity index (χ1n) is 12.6. The number of rotatable bonds is 5. The molecule has 0 saturated carbocycles. The number of thioether (sulfide) groups is 1. The van der Waals surface area contributed by atoms with E-state index in [1.54, 1.807) is 30.0 Å². The Hall–Kier alpha value is -2.52. The van der Waals surface area contributed by atoms with Crippen molar-refractivity contribution in [2.45, 2.75) is 45.0 Å². The Labute approximate surface area is 239 Å². The van der Waals surface area contributed by atoms with Crippen molar-refractivity contribution in [2.24, 2.45) is 9.98 Å². The predicted octanol–water partition coefficient (Wildman–Crippen LogP) is 6.66. The largest absolute Gasteiger partial charge is 0.371 e. The van der Waals surface area contributed by atoms with Gasteiger partial charge in [0.1, 0.15) is 5.03 Å². The number of aryl methyl sites for hydroxylation is 1. The summed E-state index contributed by atoms with van der Waals surface area (Å²) >= 11 is 14.2. The van der Waals surface area contributed by atoms with E-state index in [-0.39, 0.29) is 11.3 Å². The van der Waals surface area contributed by atoms with Crippen LogP contribution in [-0.2, 0) is 4.79 Å². The van der Waals surface area contributed by atoms with Crippen LogP contribution in [0.4, 0.5) is 17.1 Å². The Morgan fingerprint density at radius 1 is 1.13 bits per heavy atom. The van der Waals surface area contributed by atoms with Crippen molar-refractivity contribution < 1.29 is 4.79 Å². The molecule has 7 nitrogen and oxygen atoms in total. The molecule has 10 heteroatoms. The molecular formula is C28H34Cl2N6OS. The Bertz CT molecular complexity index is 1270. The summed E-state index contributed by atoms with van der Waals surface area (Å²) in [7, 11) is 4.31. The van der Waals surface area contributed by atoms with Crippen LogP contribution < -0.4 is 15.1 Å². The topological polar surface area (TPSA) is 63.5 Å². The number of guanidine groups is 1. The second-order valence-electron chi connectivity index (χ2n) is 9.79. The second-order valence-corrected chi connectivity index (χ2v) is 11.9. The minimum absolute atomic E-state index is 0.202. The van der Waals surface area contributed by atoms with Gasteiger partial charge in [-0.1, -0.05) is 41.0 Å². The lowest BCUT2D eigenvalue weighted by Gasteiger charge is -2.37. The van der Waals surface area contributed by atoms with E-state index < -0.39 is 0 Å². The summed E-state index contributed by atoms with van der Waals surface area (Å²) in [5.74, 6) is 0.127. The van der Waals surface area contributed by atoms with E-state index in [0.717, 1.165) is 31.6 Å². The molecular weight excluding hydrogens is 539 g/mol. The zero-order valence-electron chi connectivity index (χ0n) is 22.5. The third-order valence-corrected chi connectivity index (χ3v) is 8.81. The van der Waals surface area contributed by atoms with Crippen molar-refractivity contribution in [3.05, 3.63) is 62.6 Å². The molecule has 38 heavy (non-hydrogen) atoms. The van der Waals surface area contributed by atoms with Crippen LogP contribution in [-0.4, -0.2) is 62.1 Å². The highest BCUT2D eigenvalue weighted by molar-refractivity contribution is 8.03. The zero-order valence-corrected chi connectivity index (χ0v) is 24.8. The van der Waals surface area contributed by atoms with Crippen LogP contribution in [0.3, 0.4) is 0 Å². The van der Waals surface area contributed by atoms with Crippen molar-refractivity contribution in [3.8, 4) is 0 Å². The highest BCUT2D eigenvalue weighted by Gasteiger charge is 2.34. The van der Waals surface area contributed by atoms with Crippen LogP contribution in [0.5, 0.6) is 0 Å². The van der Waals surface area contributed by atoms with Gasteiger partial charge in [-0.05, 0) is 90.3 Å². The molecule has 0 bridgehead atoms. The Morgan fingerprint density at radius 3 is 2.37 bits per heavy atom. The van der Waals surface area contributed by atoms with Crippen molar-refractivity contribution >= 4 is 70.6 Å². The molecule has 1 amide bonds. The molecule has 0 aliphatic carbocycles. The number of anilines is 3. The highest BCUT2D eigenvalue weighted by Crippen LogP contribution is 2.43. The van der Waals surface area contributed by atoms with Gasteiger partial charge in [-0.3, -0.25) is 9.69 Å². The summed E-state index contributed by atoms with van der Waals surface area (Å²) < 4.78 is 0. The van der Waals surface area contributed by atoms with E-state index in [1.165, 1.54) is 23.0 Å². The number of nitrogens with one attached hydrogen (secondary N) is 1. The maximum absolute atomic E-state index is 13.4. The lowest BCUT2D eigenvalue weighted by molar-refractivity contribution is -0.115. The number of amides is 1. The number of aliphatic imine (C=N–C) groups is 2. The first-order chi connectivity index (χ1) is 18.1. The zero-order chi connectivity index (χ0) is 27.6. The number of halogens is 2. The minimum atomic E-state index is -0.272. The fourth-order valence-corrected chi connectivity index (χ4v) is 6.50. The molecule has 0 aromatic heterocycles. The molecule has 0 spiro atoms. The van der Waals surface area contributed by atoms with Gasteiger partial charge >= 0.3 is 0 Å². The van der Waals surface area contributed by atoms with Gasteiger partial charge in [0.25, 0.3) is 5.91 Å². The Kier molecular flexibility index (Phi) is 9.08. The fourth-order valence-electron chi connectivity index (χ4n) is 4.89. The third kappa shape index (κ3) is 6.04. The van der Waals surface area contributed by atoms with Crippen LogP contribution >= 0.6 is 35.0 Å². The van der Waals surface area contributed by atoms with Crippen LogP contribution in [0.1, 0.15) is 32.3 Å². The predicted molar refractivity (Wildman–Crippen MR) is 164 cm³/mol. The first kappa shape index (κ1) is 28.5. The van der Waals surface area contributed by atoms with E-state index >= 15 is 0 Å². The average Bonchev–Trinajstić information content (AvgIpc) is 2.88. The van der Waals surface area contributed by atoms with E-state index in [9.17, 15) is 4.79 Å². The van der Waals surface area contributed by atoms with Crippen molar-refractivity contribution in [2.75, 3.05) is 42.3 Å². The standard InChI is InChI=1S/C28H34Cl2N6OS/c1-17-16-20(10-11-24(17)35-14-12-21(13-15-35)34(5)6)32-28(31-4)33-26-18(2)27(37)36(19(3)38-26)25-22(29)8-7-9-23(25)30/h7-11,16,19,21H,4,12-15H2,1-3,5-6H3,(H,32,33). The number of nitrogens with zero attached hydrogens (tertiary/aromatic N) is 5. The monoisotopic (exact) mass is 572 g/mol. The summed E-state index contributed by atoms with van der Waals surface area (Å²) in [6, 6.07) is 12.1. The molecule has 2 heterocycles. The summed E-state index contributed by atoms with van der Waals surface area (Å²) in [6.45, 7) is 11.6. The smallest absolute Gasteiger partial charge is 0.257 e. The molecule has 2 aliphatic rings. The molecule has 4 rings (SSSR count). The van der Waals surface area contributed by atoms with Crippen LogP contribution in [0, 0.1) is 6.92 Å². The van der Waals surface area contributed by atoms with Gasteiger partial charge < -0.3 is 15.1 Å². The highest BCUT2D eigenvalue weighted by atomic mass is 35.5. The second kappa shape index (κ2) is 12.1. The van der Waals surface area contributed by atoms with Crippen molar-refractivity contribution in [1.82, 2.24) is 4.90 Å². The summed E-state index contributed by atoms with van der Waals surface area (Å²) in [4.78, 5) is 28.5. The third-order valence-electron chi connectivity index (χ3n) is 7.03. The Morgan fingerprint density at radius 2 is 1.79 bits per heavy atom. The molecule has 1 atom stereocenters. The van der Waals surface area contributed by atoms with Gasteiger partial charge in [-0.2, -0.15) is 0 Å². The number of carbonyl (C=O) groups excluding carboxylic acids is 1. The number of hydrogen-bond donors (Lipinski definition) is 1. The summed E-state index contributed by atoms with van der Waals surface area (Å²) in [5.41, 5.74) is 4.28. The summed E-state index contributed by atoms with van der Waals surface area (Å²) in [5, 5.41) is 4.42. The van der Waals surface area contributed by atoms with E-state index in [1.807, 2.05) is 13.0 Å². The Balaban J connectivity index is 1.52. The molecule has 2 aromatic rings. The van der Waals surface area contributed by atoms with Gasteiger partial charge in [-0.15, -0.1) is 0 Å². The average molecular weight is 574 g/mol. The van der Waals surface area contributed by atoms with Crippen LogP contribution in [0.15, 0.2) is 57.0 Å². The SMILES string of the molecule is C=NC(=NC1=C(C)C(=O)N(c2c(Cl)cccc2Cl)C(C)S1)Nc1ccc(N2CCC(N(C)C)CC2)c(C)c1. The van der Waals surface area contributed by atoms with Gasteiger partial charge in [0, 0.05) is 36.1 Å². The molecule has 202 valence electrons. The lowest BCUT2D eigenvalue weighted by atomic mass is 10.0. The molecule has 0 radical (unpaired) electrons. The number of hydrogen-bond acceptors (Lipinski definition) is 5. The van der Waals surface area contributed by atoms with Gasteiger partial charge in [0.05, 0.1) is 21.1 Å². The van der Waals surface area contributed by atoms with Crippen molar-refractivity contribution in [3.63, 3.8) is 0 Å². The molecule has 1 unspecified atom stereocenters. The first-order valence-corrected chi connectivity index (χ1v) is 14.2. The maximum atomic E-state index is 13.4. The fraction of sp³-hybridized carbons (Fsp3) is 0.393. The van der Waals surface area contributed by atoms with E-state index in [0.29, 0.717) is 38.3 Å². The molecule has 1 N–H and O–H groups in total. The number of carbonyl (C=O) groups is 1. The molecule has 1 fully saturated rings. The number of piperidine rings is 1. The van der Waals surface area contributed by atoms with Gasteiger partial charge in [0.2, 0.25) is 5.96 Å². The normalized spacial score (nSPS) is 19.4. The number of benzene rings is 2. The summed E-state index contributed by atoms with van der Waals surface area (Å²) in [6.07, 6.45) is 2.32. The number of para-hydroxylation sites is 1. The van der Waals surface area contributed by atoms with Crippen molar-refractivity contribution in [1.29, 1.82) is 0 Å². The minimum Gasteiger partial charge on any atom is -0.371 e. The van der Waals surface area contributed by atoms with Crippen LogP contribution in [0.2, 0.25) is 10.0 Å². The van der Waals surface area contributed by atoms with Crippen LogP contribution in [0.25, 0.3) is 0 Å². The lowest BCUT2D eigenvalue weighted by Crippen LogP contribution is -2.42. The molecule has 2 aromatic carbocycles. The quantitative estimate of drug-likeness (QED) is 0.320. The maximum Gasteiger partial charge on any atom is 0.257 e. The molecule has 1 saturated heterocycles. The van der Waals surface area contributed by atoms with E-state index in [2.05, 4.69) is 65.0 Å². The molecule has 2 aliphatic heterocycles. The van der Waals surface area contributed by atoms with Gasteiger partial charge in [0.15, 0.2) is 0 Å².